The van der Waals surface area contributed by atoms with E-state index in [2.05, 4.69) is 22.9 Å². The van der Waals surface area contributed by atoms with E-state index in [-0.39, 0.29) is 10.6 Å². The van der Waals surface area contributed by atoms with Gasteiger partial charge in [0.05, 0.1) is 11.5 Å². The quantitative estimate of drug-likeness (QED) is 0.474. The first-order valence-electron chi connectivity index (χ1n) is 5.40. The van der Waals surface area contributed by atoms with Crippen LogP contribution in [-0.4, -0.2) is 16.9 Å². The molecule has 5 heteroatoms. The number of hydrogen-bond donors (Lipinski definition) is 0. The van der Waals surface area contributed by atoms with Crippen LogP contribution >= 0.6 is 15.9 Å². The largest absolute Gasteiger partial charge is 0.493 e. The number of hydrogen-bond acceptors (Lipinski definition) is 3. The fourth-order valence-corrected chi connectivity index (χ4v) is 1.59. The third kappa shape index (κ3) is 3.70. The minimum Gasteiger partial charge on any atom is -0.493 e. The van der Waals surface area contributed by atoms with Gasteiger partial charge in [-0.05, 0) is 31.4 Å². The van der Waals surface area contributed by atoms with Crippen molar-refractivity contribution in [2.75, 3.05) is 11.9 Å². The molecule has 0 bridgehead atoms. The zero-order chi connectivity index (χ0) is 13.0. The number of rotatable bonds is 5. The summed E-state index contributed by atoms with van der Waals surface area (Å²) in [4.78, 5) is 10.4. The van der Waals surface area contributed by atoms with Crippen molar-refractivity contribution in [2.45, 2.75) is 20.8 Å². The predicted molar refractivity (Wildman–Crippen MR) is 71.0 cm³/mol. The van der Waals surface area contributed by atoms with Crippen molar-refractivity contribution in [3.63, 3.8) is 0 Å². The van der Waals surface area contributed by atoms with E-state index >= 15 is 0 Å². The van der Waals surface area contributed by atoms with Crippen LogP contribution in [0, 0.1) is 29.9 Å². The van der Waals surface area contributed by atoms with Gasteiger partial charge in [-0.25, -0.2) is 0 Å². The van der Waals surface area contributed by atoms with Crippen LogP contribution in [0.15, 0.2) is 12.1 Å². The molecule has 0 aromatic heterocycles. The SMILES string of the molecule is Cc1cc([N+](=O)[O-])c(C)cc1OCC(C)CBr. The van der Waals surface area contributed by atoms with Gasteiger partial charge in [0.25, 0.3) is 5.69 Å². The molecule has 0 aliphatic rings. The Morgan fingerprint density at radius 1 is 1.41 bits per heavy atom. The Labute approximate surface area is 109 Å². The summed E-state index contributed by atoms with van der Waals surface area (Å²) >= 11 is 3.38. The van der Waals surface area contributed by atoms with Crippen LogP contribution in [0.25, 0.3) is 0 Å². The maximum absolute atomic E-state index is 10.8. The van der Waals surface area contributed by atoms with Crippen LogP contribution in [0.4, 0.5) is 5.69 Å². The highest BCUT2D eigenvalue weighted by atomic mass is 79.9. The summed E-state index contributed by atoms with van der Waals surface area (Å²) in [6, 6.07) is 3.29. The van der Waals surface area contributed by atoms with Gasteiger partial charge in [0.15, 0.2) is 0 Å². The summed E-state index contributed by atoms with van der Waals surface area (Å²) in [6.07, 6.45) is 0. The van der Waals surface area contributed by atoms with Gasteiger partial charge in [-0.15, -0.1) is 0 Å². The number of nitrogens with zero attached hydrogens (tertiary/aromatic N) is 1. The highest BCUT2D eigenvalue weighted by Gasteiger charge is 2.14. The lowest BCUT2D eigenvalue weighted by atomic mass is 10.1. The lowest BCUT2D eigenvalue weighted by molar-refractivity contribution is -0.385. The molecule has 1 aromatic carbocycles. The molecular weight excluding hydrogens is 286 g/mol. The Morgan fingerprint density at radius 2 is 2.06 bits per heavy atom. The maximum atomic E-state index is 10.8. The lowest BCUT2D eigenvalue weighted by Gasteiger charge is -2.13. The van der Waals surface area contributed by atoms with Crippen LogP contribution in [0.3, 0.4) is 0 Å². The second-order valence-corrected chi connectivity index (χ2v) is 4.88. The summed E-state index contributed by atoms with van der Waals surface area (Å²) < 4.78 is 5.65. The van der Waals surface area contributed by atoms with E-state index in [0.717, 1.165) is 16.6 Å². The van der Waals surface area contributed by atoms with E-state index in [1.165, 1.54) is 0 Å². The topological polar surface area (TPSA) is 52.4 Å². The Morgan fingerprint density at radius 3 is 2.59 bits per heavy atom. The highest BCUT2D eigenvalue weighted by molar-refractivity contribution is 9.09. The molecule has 1 aromatic rings. The standard InChI is InChI=1S/C12H16BrNO3/c1-8(6-13)7-17-12-5-9(2)11(14(15)16)4-10(12)3/h4-5,8H,6-7H2,1-3H3. The number of nitro benzene ring substituents is 1. The number of nitro groups is 1. The van der Waals surface area contributed by atoms with Gasteiger partial charge < -0.3 is 4.74 Å². The molecule has 4 nitrogen and oxygen atoms in total. The number of aryl methyl sites for hydroxylation is 2. The number of ether oxygens (including phenoxy) is 1. The Kier molecular flexibility index (Phi) is 4.93. The predicted octanol–water partition coefficient (Wildman–Crippen LogP) is 3.62. The minimum atomic E-state index is -0.368. The van der Waals surface area contributed by atoms with E-state index < -0.39 is 0 Å². The molecule has 1 atom stereocenters. The van der Waals surface area contributed by atoms with Crippen molar-refractivity contribution in [1.82, 2.24) is 0 Å². The summed E-state index contributed by atoms with van der Waals surface area (Å²) in [7, 11) is 0. The third-order valence-corrected chi connectivity index (χ3v) is 3.58. The third-order valence-electron chi connectivity index (χ3n) is 2.48. The first-order valence-corrected chi connectivity index (χ1v) is 6.52. The van der Waals surface area contributed by atoms with Crippen molar-refractivity contribution in [3.05, 3.63) is 33.4 Å². The number of benzene rings is 1. The average Bonchev–Trinajstić information content (AvgIpc) is 2.28. The van der Waals surface area contributed by atoms with Gasteiger partial charge >= 0.3 is 0 Å². The molecule has 0 amide bonds. The molecule has 0 saturated heterocycles. The number of alkyl halides is 1. The highest BCUT2D eigenvalue weighted by Crippen LogP contribution is 2.27. The Bertz CT molecular complexity index is 420. The first-order chi connectivity index (χ1) is 7.95. The van der Waals surface area contributed by atoms with E-state index in [1.807, 2.05) is 6.92 Å². The molecule has 0 fully saturated rings. The molecule has 17 heavy (non-hydrogen) atoms. The summed E-state index contributed by atoms with van der Waals surface area (Å²) in [5, 5.41) is 11.6. The van der Waals surface area contributed by atoms with Crippen LogP contribution in [0.2, 0.25) is 0 Å². The molecule has 0 spiro atoms. The Balaban J connectivity index is 2.88. The summed E-state index contributed by atoms with van der Waals surface area (Å²) in [6.45, 7) is 6.21. The zero-order valence-electron chi connectivity index (χ0n) is 10.2. The second kappa shape index (κ2) is 6.00. The van der Waals surface area contributed by atoms with Crippen molar-refractivity contribution in [2.24, 2.45) is 5.92 Å². The lowest BCUT2D eigenvalue weighted by Crippen LogP contribution is -2.10. The molecule has 1 rings (SSSR count). The molecular formula is C12H16BrNO3. The van der Waals surface area contributed by atoms with Gasteiger partial charge in [0.2, 0.25) is 0 Å². The fraction of sp³-hybridized carbons (Fsp3) is 0.500. The molecule has 94 valence electrons. The fourth-order valence-electron chi connectivity index (χ4n) is 1.40. The van der Waals surface area contributed by atoms with Crippen LogP contribution in [0.5, 0.6) is 5.75 Å². The molecule has 0 heterocycles. The average molecular weight is 302 g/mol. The summed E-state index contributed by atoms with van der Waals surface area (Å²) in [5.74, 6) is 1.13. The van der Waals surface area contributed by atoms with E-state index in [4.69, 9.17) is 4.74 Å². The minimum absolute atomic E-state index is 0.142. The van der Waals surface area contributed by atoms with Crippen LogP contribution in [0.1, 0.15) is 18.1 Å². The number of halogens is 1. The molecule has 0 aliphatic carbocycles. The van der Waals surface area contributed by atoms with Crippen LogP contribution in [-0.2, 0) is 0 Å². The Hall–Kier alpha value is -1.10. The van der Waals surface area contributed by atoms with Gasteiger partial charge in [-0.1, -0.05) is 22.9 Å². The summed E-state index contributed by atoms with van der Waals surface area (Å²) in [5.41, 5.74) is 1.56. The zero-order valence-corrected chi connectivity index (χ0v) is 11.8. The van der Waals surface area contributed by atoms with Crippen molar-refractivity contribution < 1.29 is 9.66 Å². The van der Waals surface area contributed by atoms with Gasteiger partial charge in [0, 0.05) is 17.0 Å². The molecule has 0 saturated carbocycles. The monoisotopic (exact) mass is 301 g/mol. The van der Waals surface area contributed by atoms with Crippen molar-refractivity contribution >= 4 is 21.6 Å². The van der Waals surface area contributed by atoms with Crippen molar-refractivity contribution in [1.29, 1.82) is 0 Å². The van der Waals surface area contributed by atoms with Gasteiger partial charge in [-0.3, -0.25) is 10.1 Å². The second-order valence-electron chi connectivity index (χ2n) is 4.23. The molecule has 1 unspecified atom stereocenters. The molecule has 0 N–H and O–H groups in total. The van der Waals surface area contributed by atoms with Gasteiger partial charge in [-0.2, -0.15) is 0 Å². The van der Waals surface area contributed by atoms with Gasteiger partial charge in [0.1, 0.15) is 5.75 Å². The maximum Gasteiger partial charge on any atom is 0.272 e. The first kappa shape index (κ1) is 14.0. The molecule has 0 aliphatic heterocycles. The smallest absolute Gasteiger partial charge is 0.272 e. The van der Waals surface area contributed by atoms with E-state index in [0.29, 0.717) is 18.1 Å². The van der Waals surface area contributed by atoms with E-state index in [9.17, 15) is 10.1 Å². The normalized spacial score (nSPS) is 12.2. The van der Waals surface area contributed by atoms with Crippen LogP contribution < -0.4 is 4.74 Å². The van der Waals surface area contributed by atoms with Crippen molar-refractivity contribution in [3.8, 4) is 5.75 Å². The molecule has 0 radical (unpaired) electrons. The van der Waals surface area contributed by atoms with E-state index in [1.54, 1.807) is 19.1 Å².